The van der Waals surface area contributed by atoms with Crippen molar-refractivity contribution in [2.75, 3.05) is 20.3 Å². The summed E-state index contributed by atoms with van der Waals surface area (Å²) in [5.41, 5.74) is 3.37. The molecule has 2 heterocycles. The number of aromatic amines is 1. The number of fused-ring (bicyclic) bond motifs is 1. The highest BCUT2D eigenvalue weighted by atomic mass is 127. The molecule has 0 bridgehead atoms. The van der Waals surface area contributed by atoms with Gasteiger partial charge < -0.3 is 23.7 Å². The zero-order chi connectivity index (χ0) is 24.2. The summed E-state index contributed by atoms with van der Waals surface area (Å²) < 4.78 is 38.9. The van der Waals surface area contributed by atoms with Gasteiger partial charge in [0.1, 0.15) is 18.2 Å². The van der Waals surface area contributed by atoms with Crippen LogP contribution in [-0.4, -0.2) is 37.9 Å². The summed E-state index contributed by atoms with van der Waals surface area (Å²) in [6.07, 6.45) is 3.75. The smallest absolute Gasteiger partial charge is 0.186 e. The molecular formula is C24H24ClIN2O5S. The molecule has 7 nitrogen and oxygen atoms in total. The molecule has 0 aliphatic carbocycles. The largest absolute Gasteiger partial charge is 0.490 e. The Labute approximate surface area is 218 Å². The lowest BCUT2D eigenvalue weighted by Gasteiger charge is -2.21. The first-order valence-electron chi connectivity index (χ1n) is 10.6. The van der Waals surface area contributed by atoms with Crippen LogP contribution in [0.2, 0.25) is 5.02 Å². The van der Waals surface area contributed by atoms with Gasteiger partial charge in [0.15, 0.2) is 22.6 Å². The number of rotatable bonds is 9. The quantitative estimate of drug-likeness (QED) is 0.214. The third-order valence-corrected chi connectivity index (χ3v) is 7.17. The van der Waals surface area contributed by atoms with Gasteiger partial charge in [0.2, 0.25) is 0 Å². The maximum atomic E-state index is 11.3. The lowest BCUT2D eigenvalue weighted by atomic mass is 10.00. The maximum Gasteiger partial charge on any atom is 0.186 e. The summed E-state index contributed by atoms with van der Waals surface area (Å²) in [5.74, 6) is 1.15. The minimum atomic E-state index is -2.09. The second kappa shape index (κ2) is 11.2. The number of benzene rings is 2. The number of ether oxygens (including phenoxy) is 3. The molecule has 180 valence electrons. The highest BCUT2D eigenvalue weighted by Gasteiger charge is 2.24. The van der Waals surface area contributed by atoms with Crippen LogP contribution >= 0.6 is 34.2 Å². The van der Waals surface area contributed by atoms with E-state index in [1.807, 2.05) is 31.3 Å². The second-order valence-corrected chi connectivity index (χ2v) is 10.5. The number of halogens is 2. The summed E-state index contributed by atoms with van der Waals surface area (Å²) in [5, 5.41) is 1.40. The summed E-state index contributed by atoms with van der Waals surface area (Å²) in [6, 6.07) is 10.4. The average molecular weight is 615 g/mol. The molecule has 2 aromatic carbocycles. The fourth-order valence-electron chi connectivity index (χ4n) is 3.86. The molecule has 3 aromatic rings. The van der Waals surface area contributed by atoms with Crippen molar-refractivity contribution in [2.45, 2.75) is 28.5 Å². The topological polar surface area (TPSA) is 93.1 Å². The van der Waals surface area contributed by atoms with E-state index in [1.54, 1.807) is 19.2 Å². The van der Waals surface area contributed by atoms with Gasteiger partial charge in [-0.05, 0) is 25.1 Å². The lowest BCUT2D eigenvalue weighted by molar-refractivity contribution is 0.131. The zero-order valence-corrected chi connectivity index (χ0v) is 22.3. The molecule has 34 heavy (non-hydrogen) atoms. The first-order valence-corrected chi connectivity index (χ1v) is 13.3. The molecular weight excluding hydrogens is 591 g/mol. The molecule has 0 fully saturated rings. The van der Waals surface area contributed by atoms with Gasteiger partial charge in [0.05, 0.1) is 18.0 Å². The van der Waals surface area contributed by atoms with E-state index in [2.05, 4.69) is 38.6 Å². The molecule has 0 saturated heterocycles. The molecule has 0 saturated carbocycles. The zero-order valence-electron chi connectivity index (χ0n) is 18.6. The molecule has 3 atom stereocenters. The molecule has 1 aliphatic heterocycles. The molecule has 4 rings (SSSR count). The Hall–Kier alpha value is -1.92. The van der Waals surface area contributed by atoms with E-state index in [9.17, 15) is 8.76 Å². The van der Waals surface area contributed by atoms with Crippen molar-refractivity contribution < 1.29 is 23.0 Å². The van der Waals surface area contributed by atoms with Crippen LogP contribution in [0, 0.1) is 0 Å². The van der Waals surface area contributed by atoms with Crippen molar-refractivity contribution in [3.05, 3.63) is 75.0 Å². The van der Waals surface area contributed by atoms with Crippen LogP contribution in [0.25, 0.3) is 6.08 Å². The molecule has 10 heteroatoms. The Kier molecular flexibility index (Phi) is 8.30. The van der Waals surface area contributed by atoms with Gasteiger partial charge >= 0.3 is 0 Å². The van der Waals surface area contributed by atoms with Gasteiger partial charge in [-0.25, -0.2) is 4.21 Å². The highest BCUT2D eigenvalue weighted by molar-refractivity contribution is 14.1. The number of alkyl halides is 1. The minimum absolute atomic E-state index is 0.168. The van der Waals surface area contributed by atoms with Gasteiger partial charge in [0.25, 0.3) is 0 Å². The predicted molar refractivity (Wildman–Crippen MR) is 140 cm³/mol. The molecule has 0 radical (unpaired) electrons. The van der Waals surface area contributed by atoms with Crippen molar-refractivity contribution in [1.82, 2.24) is 4.98 Å². The molecule has 2 N–H and O–H groups in total. The number of aromatic nitrogens is 1. The van der Waals surface area contributed by atoms with Crippen molar-refractivity contribution >= 4 is 51.3 Å². The van der Waals surface area contributed by atoms with Gasteiger partial charge in [-0.15, -0.1) is 0 Å². The van der Waals surface area contributed by atoms with Crippen LogP contribution < -0.4 is 20.2 Å². The normalized spacial score (nSPS) is 16.7. The lowest BCUT2D eigenvalue weighted by Crippen LogP contribution is -2.33. The predicted octanol–water partition coefficient (Wildman–Crippen LogP) is 4.18. The highest BCUT2D eigenvalue weighted by Crippen LogP contribution is 2.39. The van der Waals surface area contributed by atoms with Gasteiger partial charge in [-0.3, -0.25) is 4.99 Å². The first-order chi connectivity index (χ1) is 16.4. The maximum absolute atomic E-state index is 11.3. The van der Waals surface area contributed by atoms with E-state index >= 15 is 0 Å². The number of hydrogen-bond acceptors (Lipinski definition) is 5. The van der Waals surface area contributed by atoms with Gasteiger partial charge in [-0.2, -0.15) is 0 Å². The van der Waals surface area contributed by atoms with Crippen LogP contribution in [0.15, 0.2) is 52.5 Å². The summed E-state index contributed by atoms with van der Waals surface area (Å²) >= 11 is 6.58. The first kappa shape index (κ1) is 25.2. The summed E-state index contributed by atoms with van der Waals surface area (Å²) in [4.78, 5) is 8.11. The van der Waals surface area contributed by atoms with Crippen LogP contribution in [-0.2, 0) is 22.4 Å². The number of nitrogens with one attached hydrogen (secondary N) is 1. The van der Waals surface area contributed by atoms with E-state index in [-0.39, 0.29) is 17.6 Å². The van der Waals surface area contributed by atoms with E-state index < -0.39 is 11.1 Å². The van der Waals surface area contributed by atoms with Crippen molar-refractivity contribution in [3.8, 4) is 11.5 Å². The van der Waals surface area contributed by atoms with Crippen molar-refractivity contribution in [3.63, 3.8) is 0 Å². The second-order valence-electron chi connectivity index (χ2n) is 7.54. The minimum Gasteiger partial charge on any atom is -0.490 e. The van der Waals surface area contributed by atoms with Gasteiger partial charge in [0, 0.05) is 44.2 Å². The fraction of sp³-hybridized carbons (Fsp3) is 0.292. The van der Waals surface area contributed by atoms with Crippen LogP contribution in [0.5, 0.6) is 11.5 Å². The average Bonchev–Trinajstić information content (AvgIpc) is 3.23. The van der Waals surface area contributed by atoms with Gasteiger partial charge in [-0.1, -0.05) is 58.5 Å². The number of nitrogens with zero attached hydrogens (tertiary/aromatic N) is 1. The molecule has 1 aliphatic rings. The number of hydrogen-bond donors (Lipinski definition) is 2. The Morgan fingerprint density at radius 1 is 1.29 bits per heavy atom. The Morgan fingerprint density at radius 2 is 2.12 bits per heavy atom. The Bertz CT molecular complexity index is 1330. The Morgan fingerprint density at radius 3 is 2.82 bits per heavy atom. The number of para-hydroxylation sites is 1. The third kappa shape index (κ3) is 5.33. The number of H-pyrrole nitrogens is 1. The standard InChI is InChI=1S/C24H24ClIN2O5S/c1-3-32-23-17(22(31-2)19-12-28-24-18(19)9-15(26)11-27-24)5-4-6-21(23)33-13-14-7-8-16(34(29)30)10-20(14)25/h4-10,12,15,22H,3,11,13H2,1-2H3,(H,27,28)(H,29,30). The molecule has 1 aromatic heterocycles. The monoisotopic (exact) mass is 614 g/mol. The molecule has 3 unspecified atom stereocenters. The van der Waals surface area contributed by atoms with E-state index in [1.165, 1.54) is 6.07 Å². The number of methoxy groups -OCH3 is 1. The summed E-state index contributed by atoms with van der Waals surface area (Å²) in [7, 11) is 1.67. The molecule has 0 amide bonds. The Balaban J connectivity index is 1.68. The van der Waals surface area contributed by atoms with E-state index in [4.69, 9.17) is 25.8 Å². The van der Waals surface area contributed by atoms with Crippen molar-refractivity contribution in [2.24, 2.45) is 4.99 Å². The summed E-state index contributed by atoms with van der Waals surface area (Å²) in [6.45, 7) is 3.28. The third-order valence-electron chi connectivity index (χ3n) is 5.41. The van der Waals surface area contributed by atoms with E-state index in [0.717, 1.165) is 28.4 Å². The molecule has 0 spiro atoms. The van der Waals surface area contributed by atoms with E-state index in [0.29, 0.717) is 32.6 Å². The van der Waals surface area contributed by atoms with Crippen LogP contribution in [0.1, 0.15) is 29.7 Å². The van der Waals surface area contributed by atoms with Crippen LogP contribution in [0.3, 0.4) is 0 Å². The SMILES string of the molecule is CCOc1c(OCc2ccc(S(=O)O)cc2Cl)cccc1C(OC)c1c[nH]c2c1=CC(I)CN=2. The van der Waals surface area contributed by atoms with Crippen LogP contribution in [0.4, 0.5) is 0 Å². The van der Waals surface area contributed by atoms with Crippen molar-refractivity contribution in [1.29, 1.82) is 0 Å². The fourth-order valence-corrected chi connectivity index (χ4v) is 5.12.